The molecular formula is C13H17N3O2. The fourth-order valence-electron chi connectivity index (χ4n) is 2.29. The van der Waals surface area contributed by atoms with Gasteiger partial charge in [-0.25, -0.2) is 0 Å². The van der Waals surface area contributed by atoms with E-state index in [9.17, 15) is 0 Å². The Labute approximate surface area is 106 Å². The molecule has 1 unspecified atom stereocenters. The molecule has 1 N–H and O–H groups in total. The zero-order valence-corrected chi connectivity index (χ0v) is 10.3. The van der Waals surface area contributed by atoms with Gasteiger partial charge in [0.2, 0.25) is 5.89 Å². The van der Waals surface area contributed by atoms with E-state index >= 15 is 0 Å². The highest BCUT2D eigenvalue weighted by molar-refractivity contribution is 5.02. The molecule has 0 aromatic carbocycles. The third-order valence-corrected chi connectivity index (χ3v) is 3.31. The van der Waals surface area contributed by atoms with Gasteiger partial charge in [0.1, 0.15) is 5.76 Å². The number of aryl methyl sites for hydroxylation is 2. The zero-order chi connectivity index (χ0) is 12.2. The predicted molar refractivity (Wildman–Crippen MR) is 65.3 cm³/mol. The summed E-state index contributed by atoms with van der Waals surface area (Å²) >= 11 is 0. The van der Waals surface area contributed by atoms with Crippen LogP contribution < -0.4 is 5.32 Å². The summed E-state index contributed by atoms with van der Waals surface area (Å²) in [5.41, 5.74) is 0. The Bertz CT molecular complexity index is 472. The van der Waals surface area contributed by atoms with Crippen LogP contribution in [0.4, 0.5) is 0 Å². The first kappa shape index (κ1) is 11.5. The number of hydrogen-bond acceptors (Lipinski definition) is 5. The van der Waals surface area contributed by atoms with Gasteiger partial charge in [0.15, 0.2) is 5.82 Å². The van der Waals surface area contributed by atoms with Gasteiger partial charge in [0, 0.05) is 25.3 Å². The van der Waals surface area contributed by atoms with Gasteiger partial charge in [0.25, 0.3) is 0 Å². The average molecular weight is 247 g/mol. The summed E-state index contributed by atoms with van der Waals surface area (Å²) in [5, 5.41) is 7.44. The van der Waals surface area contributed by atoms with Crippen LogP contribution in [0.5, 0.6) is 0 Å². The van der Waals surface area contributed by atoms with Gasteiger partial charge in [-0.2, -0.15) is 4.98 Å². The Morgan fingerprint density at radius 2 is 2.39 bits per heavy atom. The second-order valence-electron chi connectivity index (χ2n) is 4.67. The van der Waals surface area contributed by atoms with E-state index in [1.165, 1.54) is 6.42 Å². The predicted octanol–water partition coefficient (Wildman–Crippen LogP) is 1.91. The topological polar surface area (TPSA) is 64.1 Å². The molecule has 1 saturated heterocycles. The Morgan fingerprint density at radius 1 is 1.39 bits per heavy atom. The number of aromatic nitrogens is 2. The van der Waals surface area contributed by atoms with Gasteiger partial charge in [-0.3, -0.25) is 0 Å². The number of hydrogen-bond donors (Lipinski definition) is 1. The molecule has 1 aliphatic rings. The molecule has 1 fully saturated rings. The van der Waals surface area contributed by atoms with Crippen molar-refractivity contribution in [3.8, 4) is 0 Å². The minimum absolute atomic E-state index is 0.403. The van der Waals surface area contributed by atoms with Crippen molar-refractivity contribution < 1.29 is 8.94 Å². The molecule has 0 spiro atoms. The molecule has 3 heterocycles. The first-order valence-electron chi connectivity index (χ1n) is 6.47. The van der Waals surface area contributed by atoms with Crippen LogP contribution in [0, 0.1) is 0 Å². The zero-order valence-electron chi connectivity index (χ0n) is 10.3. The summed E-state index contributed by atoms with van der Waals surface area (Å²) in [6, 6.07) is 3.85. The fraction of sp³-hybridized carbons (Fsp3) is 0.538. The molecule has 5 nitrogen and oxygen atoms in total. The number of nitrogens with one attached hydrogen (secondary N) is 1. The highest BCUT2D eigenvalue weighted by atomic mass is 16.5. The summed E-state index contributed by atoms with van der Waals surface area (Å²) < 4.78 is 10.6. The largest absolute Gasteiger partial charge is 0.469 e. The van der Waals surface area contributed by atoms with Crippen LogP contribution in [0.1, 0.15) is 36.2 Å². The summed E-state index contributed by atoms with van der Waals surface area (Å²) in [4.78, 5) is 4.47. The van der Waals surface area contributed by atoms with Crippen LogP contribution in [-0.2, 0) is 12.8 Å². The minimum atomic E-state index is 0.403. The summed E-state index contributed by atoms with van der Waals surface area (Å²) in [6.07, 6.45) is 5.55. The van der Waals surface area contributed by atoms with Crippen molar-refractivity contribution in [2.24, 2.45) is 0 Å². The standard InChI is InChI=1S/C13H17N3O2/c1-3-10(9-14-7-1)13-15-12(18-16-13)6-5-11-4-2-8-17-11/h2,4,8,10,14H,1,3,5-7,9H2. The number of nitrogens with zero attached hydrogens (tertiary/aromatic N) is 2. The van der Waals surface area contributed by atoms with Crippen LogP contribution in [0.25, 0.3) is 0 Å². The quantitative estimate of drug-likeness (QED) is 0.894. The van der Waals surface area contributed by atoms with Crippen molar-refractivity contribution in [3.05, 3.63) is 35.9 Å². The van der Waals surface area contributed by atoms with E-state index < -0.39 is 0 Å². The molecule has 3 rings (SSSR count). The lowest BCUT2D eigenvalue weighted by Gasteiger charge is -2.19. The molecule has 0 radical (unpaired) electrons. The summed E-state index contributed by atoms with van der Waals surface area (Å²) in [5.74, 6) is 2.90. The van der Waals surface area contributed by atoms with E-state index in [1.807, 2.05) is 12.1 Å². The summed E-state index contributed by atoms with van der Waals surface area (Å²) in [6.45, 7) is 2.05. The Morgan fingerprint density at radius 3 is 3.17 bits per heavy atom. The highest BCUT2D eigenvalue weighted by Crippen LogP contribution is 2.20. The third kappa shape index (κ3) is 2.61. The summed E-state index contributed by atoms with van der Waals surface area (Å²) in [7, 11) is 0. The third-order valence-electron chi connectivity index (χ3n) is 3.31. The Balaban J connectivity index is 1.59. The molecule has 0 aliphatic carbocycles. The maximum Gasteiger partial charge on any atom is 0.227 e. The van der Waals surface area contributed by atoms with Gasteiger partial charge in [0.05, 0.1) is 6.26 Å². The molecule has 96 valence electrons. The molecule has 2 aromatic heterocycles. The van der Waals surface area contributed by atoms with Crippen molar-refractivity contribution in [1.29, 1.82) is 0 Å². The van der Waals surface area contributed by atoms with Gasteiger partial charge in [-0.05, 0) is 31.5 Å². The molecule has 18 heavy (non-hydrogen) atoms. The first-order valence-corrected chi connectivity index (χ1v) is 6.47. The first-order chi connectivity index (χ1) is 8.92. The van der Waals surface area contributed by atoms with Crippen molar-refractivity contribution >= 4 is 0 Å². The minimum Gasteiger partial charge on any atom is -0.469 e. The van der Waals surface area contributed by atoms with E-state index in [0.717, 1.165) is 43.9 Å². The van der Waals surface area contributed by atoms with Gasteiger partial charge in [-0.15, -0.1) is 0 Å². The second kappa shape index (κ2) is 5.35. The highest BCUT2D eigenvalue weighted by Gasteiger charge is 2.20. The molecule has 1 atom stereocenters. The molecule has 0 bridgehead atoms. The average Bonchev–Trinajstić information content (AvgIpc) is 3.09. The van der Waals surface area contributed by atoms with Gasteiger partial charge in [-0.1, -0.05) is 5.16 Å². The van der Waals surface area contributed by atoms with Crippen molar-refractivity contribution in [1.82, 2.24) is 15.5 Å². The SMILES string of the molecule is c1coc(CCc2nc(C3CCCNC3)no2)c1. The van der Waals surface area contributed by atoms with E-state index in [-0.39, 0.29) is 0 Å². The van der Waals surface area contributed by atoms with Crippen LogP contribution in [0.3, 0.4) is 0 Å². The lowest BCUT2D eigenvalue weighted by atomic mass is 9.99. The molecule has 2 aromatic rings. The monoisotopic (exact) mass is 247 g/mol. The number of rotatable bonds is 4. The second-order valence-corrected chi connectivity index (χ2v) is 4.67. The maximum atomic E-state index is 5.29. The molecule has 5 heteroatoms. The van der Waals surface area contributed by atoms with Crippen molar-refractivity contribution in [3.63, 3.8) is 0 Å². The fourth-order valence-corrected chi connectivity index (χ4v) is 2.29. The van der Waals surface area contributed by atoms with E-state index in [2.05, 4.69) is 15.5 Å². The van der Waals surface area contributed by atoms with Crippen molar-refractivity contribution in [2.45, 2.75) is 31.6 Å². The van der Waals surface area contributed by atoms with Crippen LogP contribution in [0.2, 0.25) is 0 Å². The molecular weight excluding hydrogens is 230 g/mol. The van der Waals surface area contributed by atoms with Crippen LogP contribution in [0.15, 0.2) is 27.3 Å². The van der Waals surface area contributed by atoms with Gasteiger partial charge >= 0.3 is 0 Å². The van der Waals surface area contributed by atoms with E-state index in [1.54, 1.807) is 6.26 Å². The van der Waals surface area contributed by atoms with Crippen LogP contribution >= 0.6 is 0 Å². The van der Waals surface area contributed by atoms with Gasteiger partial charge < -0.3 is 14.3 Å². The maximum absolute atomic E-state index is 5.29. The van der Waals surface area contributed by atoms with E-state index in [0.29, 0.717) is 11.8 Å². The molecule has 0 amide bonds. The lowest BCUT2D eigenvalue weighted by Crippen LogP contribution is -2.28. The molecule has 0 saturated carbocycles. The Hall–Kier alpha value is -1.62. The van der Waals surface area contributed by atoms with Crippen LogP contribution in [-0.4, -0.2) is 23.2 Å². The number of piperidine rings is 1. The normalized spacial score (nSPS) is 20.1. The Kier molecular flexibility index (Phi) is 3.41. The number of furan rings is 1. The lowest BCUT2D eigenvalue weighted by molar-refractivity contribution is 0.358. The van der Waals surface area contributed by atoms with Crippen molar-refractivity contribution in [2.75, 3.05) is 13.1 Å². The van der Waals surface area contributed by atoms with E-state index in [4.69, 9.17) is 8.94 Å². The smallest absolute Gasteiger partial charge is 0.227 e. The molecule has 1 aliphatic heterocycles.